The Labute approximate surface area is 111 Å². The first-order chi connectivity index (χ1) is 8.59. The maximum absolute atomic E-state index is 12.9. The molecule has 1 heterocycles. The predicted molar refractivity (Wildman–Crippen MR) is 64.6 cm³/mol. The number of alkyl halides is 3. The van der Waals surface area contributed by atoms with Crippen LogP contribution in [0.2, 0.25) is 0 Å². The minimum Gasteiger partial charge on any atom is -0.444 e. The van der Waals surface area contributed by atoms with E-state index in [1.807, 2.05) is 0 Å². The molecule has 1 aliphatic heterocycles. The number of amides is 1. The van der Waals surface area contributed by atoms with Gasteiger partial charge in [-0.05, 0) is 52.6 Å². The molecule has 0 bridgehead atoms. The van der Waals surface area contributed by atoms with Gasteiger partial charge in [-0.2, -0.15) is 0 Å². The Kier molecular flexibility index (Phi) is 5.06. The van der Waals surface area contributed by atoms with Crippen LogP contribution in [-0.2, 0) is 4.74 Å². The van der Waals surface area contributed by atoms with E-state index in [1.165, 1.54) is 0 Å². The van der Waals surface area contributed by atoms with Crippen LogP contribution in [0, 0.1) is 5.92 Å². The highest BCUT2D eigenvalue weighted by Crippen LogP contribution is 2.26. The van der Waals surface area contributed by atoms with Crippen molar-refractivity contribution in [3.63, 3.8) is 0 Å². The van der Waals surface area contributed by atoms with Crippen molar-refractivity contribution in [2.24, 2.45) is 5.92 Å². The third kappa shape index (κ3) is 5.67. The van der Waals surface area contributed by atoms with Crippen molar-refractivity contribution < 1.29 is 22.7 Å². The fourth-order valence-electron chi connectivity index (χ4n) is 1.94. The first-order valence-corrected chi connectivity index (χ1v) is 6.37. The number of hydrogen-bond donors (Lipinski definition) is 1. The fourth-order valence-corrected chi connectivity index (χ4v) is 1.94. The van der Waals surface area contributed by atoms with Gasteiger partial charge in [0.05, 0.1) is 0 Å². The highest BCUT2D eigenvalue weighted by Gasteiger charge is 2.44. The Morgan fingerprint density at radius 3 is 2.42 bits per heavy atom. The fraction of sp³-hybridized carbons (Fsp3) is 0.917. The highest BCUT2D eigenvalue weighted by atomic mass is 19.4. The number of piperidine rings is 1. The summed E-state index contributed by atoms with van der Waals surface area (Å²) < 4.78 is 43.5. The molecule has 0 unspecified atom stereocenters. The average Bonchev–Trinajstić information content (AvgIpc) is 2.23. The van der Waals surface area contributed by atoms with Crippen LogP contribution in [0.1, 0.15) is 33.6 Å². The van der Waals surface area contributed by atoms with Gasteiger partial charge in [-0.15, -0.1) is 13.2 Å². The molecular weight excluding hydrogens is 261 g/mol. The van der Waals surface area contributed by atoms with E-state index in [4.69, 9.17) is 4.74 Å². The second-order valence-corrected chi connectivity index (χ2v) is 5.77. The second-order valence-electron chi connectivity index (χ2n) is 5.77. The van der Waals surface area contributed by atoms with Crippen LogP contribution in [0.3, 0.4) is 0 Å². The predicted octanol–water partition coefficient (Wildman–Crippen LogP) is 2.74. The number of carbonyl (C=O) groups excluding carboxylic acids is 1. The summed E-state index contributed by atoms with van der Waals surface area (Å²) in [5.41, 5.74) is -0.939. The van der Waals surface area contributed by atoms with Gasteiger partial charge in [0.1, 0.15) is 5.60 Å². The summed E-state index contributed by atoms with van der Waals surface area (Å²) in [7, 11) is 0. The number of ether oxygens (including phenoxy) is 1. The quantitative estimate of drug-likeness (QED) is 0.792. The van der Waals surface area contributed by atoms with Gasteiger partial charge < -0.3 is 10.1 Å². The summed E-state index contributed by atoms with van der Waals surface area (Å²) in [5, 5.41) is 3.03. The van der Waals surface area contributed by atoms with E-state index in [0.29, 0.717) is 13.0 Å². The summed E-state index contributed by atoms with van der Waals surface area (Å²) in [5.74, 6) is -0.192. The van der Waals surface area contributed by atoms with Gasteiger partial charge in [-0.25, -0.2) is 9.69 Å². The molecule has 1 N–H and O–H groups in total. The first-order valence-electron chi connectivity index (χ1n) is 6.37. The Balaban J connectivity index is 2.69. The molecule has 4 nitrogen and oxygen atoms in total. The molecule has 0 aromatic rings. The topological polar surface area (TPSA) is 41.6 Å². The first kappa shape index (κ1) is 16.1. The molecule has 1 fully saturated rings. The molecule has 0 aromatic heterocycles. The average molecular weight is 282 g/mol. The lowest BCUT2D eigenvalue weighted by Crippen LogP contribution is -2.49. The van der Waals surface area contributed by atoms with Crippen molar-refractivity contribution in [1.29, 1.82) is 0 Å². The molecule has 0 aromatic carbocycles. The number of nitrogens with zero attached hydrogens (tertiary/aromatic N) is 1. The van der Waals surface area contributed by atoms with Crippen LogP contribution in [-0.4, -0.2) is 42.5 Å². The largest absolute Gasteiger partial charge is 0.489 e. The lowest BCUT2D eigenvalue weighted by molar-refractivity contribution is -0.235. The van der Waals surface area contributed by atoms with E-state index < -0.39 is 18.0 Å². The molecule has 1 atom stereocenters. The van der Waals surface area contributed by atoms with Crippen LogP contribution in [0.4, 0.5) is 18.0 Å². The summed E-state index contributed by atoms with van der Waals surface area (Å²) in [6.07, 6.45) is -4.53. The maximum Gasteiger partial charge on any atom is 0.489 e. The van der Waals surface area contributed by atoms with Crippen molar-refractivity contribution in [3.8, 4) is 0 Å². The zero-order chi connectivity index (χ0) is 14.7. The van der Waals surface area contributed by atoms with E-state index in [2.05, 4.69) is 5.32 Å². The van der Waals surface area contributed by atoms with Crippen molar-refractivity contribution in [2.75, 3.05) is 19.6 Å². The molecule has 0 aliphatic carbocycles. The number of hydrogen-bond acceptors (Lipinski definition) is 3. The van der Waals surface area contributed by atoms with E-state index in [0.717, 1.165) is 13.0 Å². The monoisotopic (exact) mass is 282 g/mol. The lowest BCUT2D eigenvalue weighted by Gasteiger charge is -2.32. The molecule has 0 spiro atoms. The van der Waals surface area contributed by atoms with E-state index in [-0.39, 0.29) is 17.4 Å². The van der Waals surface area contributed by atoms with Crippen LogP contribution < -0.4 is 5.32 Å². The van der Waals surface area contributed by atoms with Gasteiger partial charge in [0.2, 0.25) is 0 Å². The summed E-state index contributed by atoms with van der Waals surface area (Å²) in [6, 6.07) is 0. The van der Waals surface area contributed by atoms with Gasteiger partial charge in [0.15, 0.2) is 0 Å². The molecule has 0 radical (unpaired) electrons. The smallest absolute Gasteiger partial charge is 0.444 e. The molecule has 1 saturated heterocycles. The minimum atomic E-state index is -4.71. The van der Waals surface area contributed by atoms with Crippen LogP contribution >= 0.6 is 0 Å². The van der Waals surface area contributed by atoms with Crippen LogP contribution in [0.25, 0.3) is 0 Å². The van der Waals surface area contributed by atoms with Crippen molar-refractivity contribution >= 4 is 6.09 Å². The minimum absolute atomic E-state index is 0.129. The molecule has 19 heavy (non-hydrogen) atoms. The van der Waals surface area contributed by atoms with Gasteiger partial charge in [-0.1, -0.05) is 0 Å². The summed E-state index contributed by atoms with van der Waals surface area (Å²) in [4.78, 5) is 11.5. The summed E-state index contributed by atoms with van der Waals surface area (Å²) >= 11 is 0. The Bertz CT molecular complexity index is 307. The third-order valence-corrected chi connectivity index (χ3v) is 2.76. The van der Waals surface area contributed by atoms with Gasteiger partial charge in [0.25, 0.3) is 0 Å². The standard InChI is InChI=1S/C12H21F3N2O2/c1-11(2,3)19-10(18)17(12(13,14)15)8-9-5-4-6-16-7-9/h9,16H,4-8H2,1-3H3/t9-/m1/s1. The van der Waals surface area contributed by atoms with E-state index >= 15 is 0 Å². The number of halogens is 3. The van der Waals surface area contributed by atoms with E-state index in [1.54, 1.807) is 20.8 Å². The molecular formula is C12H21F3N2O2. The number of rotatable bonds is 2. The van der Waals surface area contributed by atoms with Gasteiger partial charge >= 0.3 is 12.4 Å². The van der Waals surface area contributed by atoms with Crippen molar-refractivity contribution in [3.05, 3.63) is 0 Å². The van der Waals surface area contributed by atoms with E-state index in [9.17, 15) is 18.0 Å². The third-order valence-electron chi connectivity index (χ3n) is 2.76. The summed E-state index contributed by atoms with van der Waals surface area (Å²) in [6.45, 7) is 5.58. The van der Waals surface area contributed by atoms with Crippen LogP contribution in [0.15, 0.2) is 0 Å². The molecule has 112 valence electrons. The van der Waals surface area contributed by atoms with Crippen LogP contribution in [0.5, 0.6) is 0 Å². The molecule has 7 heteroatoms. The van der Waals surface area contributed by atoms with Crippen molar-refractivity contribution in [2.45, 2.75) is 45.5 Å². The normalized spacial score (nSPS) is 21.1. The van der Waals surface area contributed by atoms with Gasteiger partial charge in [0, 0.05) is 6.54 Å². The zero-order valence-electron chi connectivity index (χ0n) is 11.5. The molecule has 1 aliphatic rings. The number of nitrogens with one attached hydrogen (secondary N) is 1. The highest BCUT2D eigenvalue weighted by molar-refractivity contribution is 5.68. The maximum atomic E-state index is 12.9. The number of carbonyl (C=O) groups is 1. The van der Waals surface area contributed by atoms with Gasteiger partial charge in [-0.3, -0.25) is 0 Å². The lowest BCUT2D eigenvalue weighted by atomic mass is 9.99. The molecule has 0 saturated carbocycles. The molecule has 1 amide bonds. The van der Waals surface area contributed by atoms with Crippen molar-refractivity contribution in [1.82, 2.24) is 10.2 Å². The molecule has 1 rings (SSSR count). The Morgan fingerprint density at radius 1 is 1.37 bits per heavy atom. The second kappa shape index (κ2) is 5.98. The zero-order valence-corrected chi connectivity index (χ0v) is 11.5. The Morgan fingerprint density at radius 2 is 2.00 bits per heavy atom. The SMILES string of the molecule is CC(C)(C)OC(=O)N(C[C@@H]1CCCNC1)C(F)(F)F. The Hall–Kier alpha value is -0.980.